The molecule has 0 radical (unpaired) electrons. The summed E-state index contributed by atoms with van der Waals surface area (Å²) in [5.41, 5.74) is 2.92. The van der Waals surface area contributed by atoms with Crippen molar-refractivity contribution in [3.8, 4) is 0 Å². The number of carboxylic acid groups (broad SMARTS) is 1. The Hall–Kier alpha value is -3.44. The third-order valence-corrected chi connectivity index (χ3v) is 5.90. The van der Waals surface area contributed by atoms with Gasteiger partial charge in [0, 0.05) is 6.61 Å². The number of amides is 1. The highest BCUT2D eigenvalue weighted by Crippen LogP contribution is 2.32. The number of ether oxygens (including phenoxy) is 1. The molecule has 0 unspecified atom stereocenters. The van der Waals surface area contributed by atoms with Crippen LogP contribution in [0.5, 0.6) is 0 Å². The quantitative estimate of drug-likeness (QED) is 0.520. The molecule has 3 aromatic carbocycles. The molecule has 2 atom stereocenters. The van der Waals surface area contributed by atoms with Crippen LogP contribution in [0.25, 0.3) is 0 Å². The Morgan fingerprint density at radius 2 is 1.41 bits per heavy atom. The minimum Gasteiger partial charge on any atom is -0.480 e. The van der Waals surface area contributed by atoms with Crippen LogP contribution >= 0.6 is 0 Å². The summed E-state index contributed by atoms with van der Waals surface area (Å²) in [4.78, 5) is 26.9. The Kier molecular flexibility index (Phi) is 6.97. The Balaban J connectivity index is 1.42. The van der Waals surface area contributed by atoms with Gasteiger partial charge in [-0.1, -0.05) is 91.0 Å². The maximum Gasteiger partial charge on any atom is 0.329 e. The molecule has 1 aliphatic heterocycles. The number of hydrogen-bond acceptors (Lipinski definition) is 3. The first kappa shape index (κ1) is 21.8. The number of hydrogen-bond donors (Lipinski definition) is 1. The SMILES string of the molecule is O=C(O)[C@@H]1[C@H](OCCCc2ccccc2)CN1C(=O)C(c1ccccc1)c1ccccc1. The number of aliphatic carboxylic acids is 1. The average Bonchev–Trinajstić information content (AvgIpc) is 2.80. The molecule has 32 heavy (non-hydrogen) atoms. The van der Waals surface area contributed by atoms with Crippen molar-refractivity contribution in [3.05, 3.63) is 108 Å². The van der Waals surface area contributed by atoms with Gasteiger partial charge in [-0.3, -0.25) is 4.79 Å². The minimum atomic E-state index is -1.03. The Labute approximate surface area is 188 Å². The van der Waals surface area contributed by atoms with E-state index < -0.39 is 24.0 Å². The molecule has 0 aromatic heterocycles. The fraction of sp³-hybridized carbons (Fsp3) is 0.259. The van der Waals surface area contributed by atoms with Crippen LogP contribution in [-0.2, 0) is 20.7 Å². The van der Waals surface area contributed by atoms with Crippen molar-refractivity contribution in [2.75, 3.05) is 13.2 Å². The lowest BCUT2D eigenvalue weighted by Crippen LogP contribution is -2.67. The van der Waals surface area contributed by atoms with Gasteiger partial charge in [-0.05, 0) is 29.5 Å². The Morgan fingerprint density at radius 3 is 1.94 bits per heavy atom. The summed E-state index contributed by atoms with van der Waals surface area (Å²) in [5, 5.41) is 9.81. The molecular weight excluding hydrogens is 402 g/mol. The zero-order chi connectivity index (χ0) is 22.3. The number of benzene rings is 3. The van der Waals surface area contributed by atoms with Crippen molar-refractivity contribution >= 4 is 11.9 Å². The van der Waals surface area contributed by atoms with E-state index in [0.717, 1.165) is 24.0 Å². The Morgan fingerprint density at radius 1 is 0.875 bits per heavy atom. The van der Waals surface area contributed by atoms with E-state index in [1.807, 2.05) is 78.9 Å². The standard InChI is InChI=1S/C27H27NO4/c29-26(24(21-14-6-2-7-15-21)22-16-8-3-9-17-22)28-19-23(25(28)27(30)31)32-18-10-13-20-11-4-1-5-12-20/h1-9,11-12,14-17,23-25H,10,13,18-19H2,(H,30,31)/t23-,25+/m1/s1. The van der Waals surface area contributed by atoms with Crippen LogP contribution < -0.4 is 0 Å². The van der Waals surface area contributed by atoms with Crippen molar-refractivity contribution in [1.29, 1.82) is 0 Å². The molecule has 0 aliphatic carbocycles. The zero-order valence-electron chi connectivity index (χ0n) is 17.8. The van der Waals surface area contributed by atoms with Gasteiger partial charge in [-0.15, -0.1) is 0 Å². The Bertz CT molecular complexity index is 984. The van der Waals surface area contributed by atoms with Crippen molar-refractivity contribution in [2.45, 2.75) is 30.9 Å². The number of aryl methyl sites for hydroxylation is 1. The molecule has 1 fully saturated rings. The van der Waals surface area contributed by atoms with Crippen molar-refractivity contribution in [1.82, 2.24) is 4.90 Å². The fourth-order valence-corrected chi connectivity index (χ4v) is 4.22. The summed E-state index contributed by atoms with van der Waals surface area (Å²) in [5.74, 6) is -1.78. The third kappa shape index (κ3) is 4.89. The number of likely N-dealkylation sites (tertiary alicyclic amines) is 1. The highest BCUT2D eigenvalue weighted by molar-refractivity contribution is 5.92. The van der Waals surface area contributed by atoms with Gasteiger partial charge in [-0.25, -0.2) is 4.79 Å². The van der Waals surface area contributed by atoms with Gasteiger partial charge >= 0.3 is 5.97 Å². The second-order valence-corrected chi connectivity index (χ2v) is 8.03. The van der Waals surface area contributed by atoms with Crippen LogP contribution in [0.1, 0.15) is 29.0 Å². The second kappa shape index (κ2) is 10.2. The number of carbonyl (C=O) groups excluding carboxylic acids is 1. The summed E-state index contributed by atoms with van der Waals surface area (Å²) in [6, 6.07) is 28.1. The van der Waals surface area contributed by atoms with Gasteiger partial charge in [0.05, 0.1) is 12.5 Å². The summed E-state index contributed by atoms with van der Waals surface area (Å²) in [6.45, 7) is 0.753. The molecule has 5 nitrogen and oxygen atoms in total. The molecule has 0 saturated carbocycles. The van der Waals surface area contributed by atoms with E-state index in [1.165, 1.54) is 10.5 Å². The van der Waals surface area contributed by atoms with Gasteiger partial charge in [0.1, 0.15) is 6.10 Å². The summed E-state index contributed by atoms with van der Waals surface area (Å²) in [6.07, 6.45) is 1.19. The lowest BCUT2D eigenvalue weighted by Gasteiger charge is -2.46. The van der Waals surface area contributed by atoms with E-state index >= 15 is 0 Å². The first-order valence-electron chi connectivity index (χ1n) is 10.9. The molecule has 1 saturated heterocycles. The fourth-order valence-electron chi connectivity index (χ4n) is 4.22. The van der Waals surface area contributed by atoms with E-state index in [1.54, 1.807) is 0 Å². The molecule has 0 spiro atoms. The van der Waals surface area contributed by atoms with Crippen molar-refractivity contribution in [2.24, 2.45) is 0 Å². The molecular formula is C27H27NO4. The number of nitrogens with zero attached hydrogens (tertiary/aromatic N) is 1. The first-order chi connectivity index (χ1) is 15.6. The van der Waals surface area contributed by atoms with E-state index in [-0.39, 0.29) is 12.5 Å². The van der Waals surface area contributed by atoms with E-state index in [9.17, 15) is 14.7 Å². The lowest BCUT2D eigenvalue weighted by atomic mass is 9.87. The molecule has 1 amide bonds. The molecule has 0 bridgehead atoms. The van der Waals surface area contributed by atoms with Crippen LogP contribution in [0.2, 0.25) is 0 Å². The highest BCUT2D eigenvalue weighted by Gasteiger charge is 2.49. The second-order valence-electron chi connectivity index (χ2n) is 8.03. The molecule has 164 valence electrons. The number of rotatable bonds is 9. The number of carboxylic acids is 1. The van der Waals surface area contributed by atoms with Gasteiger partial charge in [0.2, 0.25) is 5.91 Å². The van der Waals surface area contributed by atoms with E-state index in [2.05, 4.69) is 12.1 Å². The van der Waals surface area contributed by atoms with Gasteiger partial charge < -0.3 is 14.7 Å². The van der Waals surface area contributed by atoms with Crippen molar-refractivity contribution < 1.29 is 19.4 Å². The largest absolute Gasteiger partial charge is 0.480 e. The molecule has 1 N–H and O–H groups in total. The predicted octanol–water partition coefficient (Wildman–Crippen LogP) is 4.13. The predicted molar refractivity (Wildman–Crippen MR) is 122 cm³/mol. The highest BCUT2D eigenvalue weighted by atomic mass is 16.5. The first-order valence-corrected chi connectivity index (χ1v) is 10.9. The van der Waals surface area contributed by atoms with Gasteiger partial charge in [-0.2, -0.15) is 0 Å². The maximum absolute atomic E-state index is 13.5. The van der Waals surface area contributed by atoms with E-state index in [0.29, 0.717) is 6.61 Å². The monoisotopic (exact) mass is 429 g/mol. The van der Waals surface area contributed by atoms with Crippen LogP contribution in [0, 0.1) is 0 Å². The molecule has 1 heterocycles. The normalized spacial score (nSPS) is 17.7. The minimum absolute atomic E-state index is 0.209. The van der Waals surface area contributed by atoms with Crippen LogP contribution in [-0.4, -0.2) is 47.2 Å². The molecule has 3 aromatic rings. The van der Waals surface area contributed by atoms with Crippen LogP contribution in [0.4, 0.5) is 0 Å². The summed E-state index contributed by atoms with van der Waals surface area (Å²) >= 11 is 0. The lowest BCUT2D eigenvalue weighted by molar-refractivity contribution is -0.177. The average molecular weight is 430 g/mol. The maximum atomic E-state index is 13.5. The van der Waals surface area contributed by atoms with Crippen molar-refractivity contribution in [3.63, 3.8) is 0 Å². The summed E-state index contributed by atoms with van der Waals surface area (Å²) in [7, 11) is 0. The molecule has 4 rings (SSSR count). The number of carbonyl (C=O) groups is 2. The van der Waals surface area contributed by atoms with Crippen LogP contribution in [0.3, 0.4) is 0 Å². The van der Waals surface area contributed by atoms with Gasteiger partial charge in [0.25, 0.3) is 0 Å². The molecule has 5 heteroatoms. The van der Waals surface area contributed by atoms with Gasteiger partial charge in [0.15, 0.2) is 6.04 Å². The van der Waals surface area contributed by atoms with Crippen LogP contribution in [0.15, 0.2) is 91.0 Å². The topological polar surface area (TPSA) is 66.8 Å². The van der Waals surface area contributed by atoms with E-state index in [4.69, 9.17) is 4.74 Å². The summed E-state index contributed by atoms with van der Waals surface area (Å²) < 4.78 is 5.87. The molecule has 1 aliphatic rings. The zero-order valence-corrected chi connectivity index (χ0v) is 17.8. The third-order valence-electron chi connectivity index (χ3n) is 5.90. The smallest absolute Gasteiger partial charge is 0.329 e.